The van der Waals surface area contributed by atoms with Crippen molar-refractivity contribution in [3.8, 4) is 0 Å². The van der Waals surface area contributed by atoms with Crippen molar-refractivity contribution >= 4 is 44.4 Å². The number of nitrogens with zero attached hydrogens (tertiary/aromatic N) is 1. The average molecular weight is 400 g/mol. The summed E-state index contributed by atoms with van der Waals surface area (Å²) in [6.07, 6.45) is -4.34. The fraction of sp³-hybridized carbons (Fsp3) is 0.176. The van der Waals surface area contributed by atoms with Gasteiger partial charge in [0.2, 0.25) is 5.91 Å². The number of hydrogen-bond donors (Lipinski definition) is 1. The maximum Gasteiger partial charge on any atom is 0.418 e. The molecule has 0 fully saturated rings. The molecule has 3 nitrogen and oxygen atoms in total. The van der Waals surface area contributed by atoms with Crippen molar-refractivity contribution in [2.24, 2.45) is 0 Å². The van der Waals surface area contributed by atoms with Gasteiger partial charge in [-0.15, -0.1) is 11.8 Å². The molecular formula is C17H12F4N2OS2. The van der Waals surface area contributed by atoms with E-state index >= 15 is 0 Å². The molecule has 0 bridgehead atoms. The van der Waals surface area contributed by atoms with Gasteiger partial charge >= 0.3 is 6.18 Å². The van der Waals surface area contributed by atoms with Crippen molar-refractivity contribution in [3.05, 3.63) is 53.8 Å². The number of anilines is 1. The number of nitrogens with one attached hydrogen (secondary N) is 1. The molecule has 0 spiro atoms. The van der Waals surface area contributed by atoms with Crippen LogP contribution in [0.15, 0.2) is 47.4 Å². The molecule has 0 saturated heterocycles. The number of carbonyl (C=O) groups is 1. The number of rotatable bonds is 5. The third-order valence-electron chi connectivity index (χ3n) is 3.38. The number of carbonyl (C=O) groups excluding carboxylic acids is 1. The minimum atomic E-state index is -4.50. The molecule has 0 aliphatic carbocycles. The average Bonchev–Trinajstić information content (AvgIpc) is 2.97. The van der Waals surface area contributed by atoms with Gasteiger partial charge in [-0.05, 0) is 36.4 Å². The van der Waals surface area contributed by atoms with Gasteiger partial charge in [-0.2, -0.15) is 13.2 Å². The standard InChI is InChI=1S/C17H12F4N2OS2/c18-10-4-6-11(7-5-10)25-9-8-14(24)22-16-23-15-12(17(19,20)21)2-1-3-13(15)26-16/h1-7H,8-9H2,(H,22,23,24). The topological polar surface area (TPSA) is 42.0 Å². The van der Waals surface area contributed by atoms with E-state index in [0.29, 0.717) is 10.5 Å². The first-order valence-electron chi connectivity index (χ1n) is 7.48. The number of para-hydroxylation sites is 1. The van der Waals surface area contributed by atoms with E-state index in [9.17, 15) is 22.4 Å². The monoisotopic (exact) mass is 400 g/mol. The second-order valence-electron chi connectivity index (χ2n) is 5.27. The summed E-state index contributed by atoms with van der Waals surface area (Å²) in [6.45, 7) is 0. The minimum Gasteiger partial charge on any atom is -0.302 e. The van der Waals surface area contributed by atoms with Gasteiger partial charge in [0.05, 0.1) is 15.8 Å². The van der Waals surface area contributed by atoms with Gasteiger partial charge in [0.1, 0.15) is 5.82 Å². The number of fused-ring (bicyclic) bond motifs is 1. The smallest absolute Gasteiger partial charge is 0.302 e. The Morgan fingerprint density at radius 3 is 2.58 bits per heavy atom. The molecule has 3 rings (SSSR count). The first kappa shape index (κ1) is 18.7. The Hall–Kier alpha value is -2.13. The number of thiazole rings is 1. The number of alkyl halides is 3. The van der Waals surface area contributed by atoms with E-state index in [1.165, 1.54) is 36.0 Å². The third-order valence-corrected chi connectivity index (χ3v) is 5.33. The van der Waals surface area contributed by atoms with Gasteiger partial charge in [-0.1, -0.05) is 17.4 Å². The Morgan fingerprint density at radius 2 is 1.88 bits per heavy atom. The maximum absolute atomic E-state index is 13.0. The number of halogens is 4. The summed E-state index contributed by atoms with van der Waals surface area (Å²) in [5.41, 5.74) is -0.986. The Labute approximate surface area is 154 Å². The minimum absolute atomic E-state index is 0.133. The summed E-state index contributed by atoms with van der Waals surface area (Å²) in [4.78, 5) is 16.7. The molecule has 0 atom stereocenters. The number of thioether (sulfide) groups is 1. The summed E-state index contributed by atoms with van der Waals surface area (Å²) in [6, 6.07) is 9.71. The second kappa shape index (κ2) is 7.63. The van der Waals surface area contributed by atoms with Crippen LogP contribution in [-0.2, 0) is 11.0 Å². The van der Waals surface area contributed by atoms with Crippen LogP contribution in [-0.4, -0.2) is 16.6 Å². The maximum atomic E-state index is 13.0. The van der Waals surface area contributed by atoms with Crippen molar-refractivity contribution in [1.82, 2.24) is 4.98 Å². The molecule has 0 saturated carbocycles. The number of amides is 1. The van der Waals surface area contributed by atoms with Gasteiger partial charge in [0.15, 0.2) is 5.13 Å². The Bertz CT molecular complexity index is 923. The van der Waals surface area contributed by atoms with Crippen LogP contribution in [0.5, 0.6) is 0 Å². The summed E-state index contributed by atoms with van der Waals surface area (Å²) in [5.74, 6) is -0.218. The van der Waals surface area contributed by atoms with Gasteiger partial charge < -0.3 is 5.32 Å². The van der Waals surface area contributed by atoms with E-state index in [1.54, 1.807) is 12.1 Å². The van der Waals surface area contributed by atoms with Crippen molar-refractivity contribution in [3.63, 3.8) is 0 Å². The second-order valence-corrected chi connectivity index (χ2v) is 7.47. The van der Waals surface area contributed by atoms with Crippen LogP contribution in [0.3, 0.4) is 0 Å². The molecule has 9 heteroatoms. The van der Waals surface area contributed by atoms with Crippen molar-refractivity contribution in [2.75, 3.05) is 11.1 Å². The molecule has 0 unspecified atom stereocenters. The normalized spacial score (nSPS) is 11.7. The molecule has 1 N–H and O–H groups in total. The van der Waals surface area contributed by atoms with Crippen LogP contribution in [0.4, 0.5) is 22.7 Å². The highest BCUT2D eigenvalue weighted by Crippen LogP contribution is 2.37. The number of aromatic nitrogens is 1. The third kappa shape index (κ3) is 4.53. The van der Waals surface area contributed by atoms with Crippen LogP contribution < -0.4 is 5.32 Å². The van der Waals surface area contributed by atoms with Crippen LogP contribution >= 0.6 is 23.1 Å². The van der Waals surface area contributed by atoms with E-state index < -0.39 is 11.7 Å². The lowest BCUT2D eigenvalue weighted by atomic mass is 10.2. The summed E-state index contributed by atoms with van der Waals surface area (Å²) in [7, 11) is 0. The van der Waals surface area contributed by atoms with Crippen molar-refractivity contribution < 1.29 is 22.4 Å². The zero-order chi connectivity index (χ0) is 18.7. The van der Waals surface area contributed by atoms with Gasteiger partial charge in [-0.25, -0.2) is 9.37 Å². The molecule has 1 aromatic heterocycles. The van der Waals surface area contributed by atoms with Crippen LogP contribution in [0.1, 0.15) is 12.0 Å². The van der Waals surface area contributed by atoms with Crippen LogP contribution in [0, 0.1) is 5.82 Å². The van der Waals surface area contributed by atoms with Crippen LogP contribution in [0.2, 0.25) is 0 Å². The molecule has 0 aliphatic heterocycles. The van der Waals surface area contributed by atoms with Crippen molar-refractivity contribution in [2.45, 2.75) is 17.5 Å². The highest BCUT2D eigenvalue weighted by molar-refractivity contribution is 7.99. The fourth-order valence-electron chi connectivity index (χ4n) is 2.20. The summed E-state index contributed by atoms with van der Waals surface area (Å²) >= 11 is 2.38. The zero-order valence-electron chi connectivity index (χ0n) is 13.1. The Morgan fingerprint density at radius 1 is 1.15 bits per heavy atom. The number of hydrogen-bond acceptors (Lipinski definition) is 4. The van der Waals surface area contributed by atoms with Crippen molar-refractivity contribution in [1.29, 1.82) is 0 Å². The lowest BCUT2D eigenvalue weighted by Gasteiger charge is -2.06. The van der Waals surface area contributed by atoms with E-state index in [1.807, 2.05) is 0 Å². The van der Waals surface area contributed by atoms with E-state index in [4.69, 9.17) is 0 Å². The highest BCUT2D eigenvalue weighted by Gasteiger charge is 2.33. The highest BCUT2D eigenvalue weighted by atomic mass is 32.2. The first-order chi connectivity index (χ1) is 12.3. The van der Waals surface area contributed by atoms with E-state index in [-0.39, 0.29) is 28.8 Å². The summed E-state index contributed by atoms with van der Waals surface area (Å²) in [5, 5.41) is 2.67. The fourth-order valence-corrected chi connectivity index (χ4v) is 3.97. The molecule has 136 valence electrons. The lowest BCUT2D eigenvalue weighted by molar-refractivity contribution is -0.136. The first-order valence-corrected chi connectivity index (χ1v) is 9.28. The van der Waals surface area contributed by atoms with E-state index in [2.05, 4.69) is 10.3 Å². The molecule has 1 amide bonds. The van der Waals surface area contributed by atoms with Crippen LogP contribution in [0.25, 0.3) is 10.2 Å². The molecule has 0 aliphatic rings. The predicted octanol–water partition coefficient (Wildman–Crippen LogP) is 5.58. The SMILES string of the molecule is O=C(CCSc1ccc(F)cc1)Nc1nc2c(C(F)(F)F)cccc2s1. The Kier molecular flexibility index (Phi) is 5.47. The molecule has 2 aromatic carbocycles. The molecule has 26 heavy (non-hydrogen) atoms. The van der Waals surface area contributed by atoms with E-state index in [0.717, 1.165) is 22.3 Å². The zero-order valence-corrected chi connectivity index (χ0v) is 14.8. The molecular weight excluding hydrogens is 388 g/mol. The predicted molar refractivity (Wildman–Crippen MR) is 95.0 cm³/mol. The Balaban J connectivity index is 1.61. The largest absolute Gasteiger partial charge is 0.418 e. The number of benzene rings is 2. The quantitative estimate of drug-likeness (QED) is 0.449. The lowest BCUT2D eigenvalue weighted by Crippen LogP contribution is -2.12. The molecule has 0 radical (unpaired) electrons. The van der Waals surface area contributed by atoms with Gasteiger partial charge in [0.25, 0.3) is 0 Å². The summed E-state index contributed by atoms with van der Waals surface area (Å²) < 4.78 is 52.2. The van der Waals surface area contributed by atoms with Gasteiger partial charge in [-0.3, -0.25) is 4.79 Å². The molecule has 3 aromatic rings. The molecule has 1 heterocycles. The van der Waals surface area contributed by atoms with Gasteiger partial charge in [0, 0.05) is 17.1 Å².